The fourth-order valence-corrected chi connectivity index (χ4v) is 4.98. The van der Waals surface area contributed by atoms with E-state index in [0.29, 0.717) is 29.5 Å². The first-order valence-electron chi connectivity index (χ1n) is 10.1. The number of hydrogen-bond acceptors (Lipinski definition) is 6. The normalized spacial score (nSPS) is 29.4. The van der Waals surface area contributed by atoms with Crippen LogP contribution in [-0.4, -0.2) is 44.0 Å². The molecule has 0 saturated carbocycles. The van der Waals surface area contributed by atoms with Crippen LogP contribution in [0, 0.1) is 11.8 Å². The number of nitrogens with one attached hydrogen (secondary N) is 1. The Bertz CT molecular complexity index is 1110. The topological polar surface area (TPSA) is 86.3 Å². The van der Waals surface area contributed by atoms with Gasteiger partial charge in [0, 0.05) is 17.4 Å². The zero-order chi connectivity index (χ0) is 21.2. The fourth-order valence-electron chi connectivity index (χ4n) is 4.98. The third-order valence-corrected chi connectivity index (χ3v) is 6.43. The van der Waals surface area contributed by atoms with E-state index in [4.69, 9.17) is 18.9 Å². The molecule has 1 spiro atoms. The molecule has 2 bridgehead atoms. The first-order chi connectivity index (χ1) is 15.1. The van der Waals surface area contributed by atoms with Crippen molar-refractivity contribution in [3.63, 3.8) is 0 Å². The second-order valence-electron chi connectivity index (χ2n) is 8.08. The molecule has 0 unspecified atom stereocenters. The Morgan fingerprint density at radius 2 is 1.97 bits per heavy atom. The van der Waals surface area contributed by atoms with Crippen LogP contribution >= 0.6 is 0 Å². The summed E-state index contributed by atoms with van der Waals surface area (Å²) in [5.74, 6) is 0.412. The smallest absolute Gasteiger partial charge is 0.234 e. The summed E-state index contributed by atoms with van der Waals surface area (Å²) >= 11 is 0. The van der Waals surface area contributed by atoms with Crippen molar-refractivity contribution in [3.05, 3.63) is 54.6 Å². The number of amides is 2. The standard InChI is InChI=1S/C23H20N2O6/c1-28-15-5-3-14(4-6-15)25-11-23-9-8-17(31-23)19(20(23)22(25)27)21(26)24-13-2-7-16-18(10-13)30-12-29-16/h2-10,17,19-20H,11-12H2,1H3,(H,24,26)/t17-,19+,20+,23-/m1/s1. The molecule has 8 nitrogen and oxygen atoms in total. The Morgan fingerprint density at radius 1 is 1.16 bits per heavy atom. The molecule has 4 aliphatic rings. The lowest BCUT2D eigenvalue weighted by atomic mass is 9.77. The minimum atomic E-state index is -0.779. The summed E-state index contributed by atoms with van der Waals surface area (Å²) in [6.45, 7) is 0.542. The van der Waals surface area contributed by atoms with Gasteiger partial charge in [-0.15, -0.1) is 0 Å². The van der Waals surface area contributed by atoms with Crippen LogP contribution in [0.15, 0.2) is 54.6 Å². The third kappa shape index (κ3) is 2.64. The van der Waals surface area contributed by atoms with Gasteiger partial charge in [-0.25, -0.2) is 0 Å². The predicted octanol–water partition coefficient (Wildman–Crippen LogP) is 2.35. The molecule has 0 radical (unpaired) electrons. The van der Waals surface area contributed by atoms with Crippen LogP contribution in [0.25, 0.3) is 0 Å². The van der Waals surface area contributed by atoms with Crippen LogP contribution in [0.5, 0.6) is 17.2 Å². The molecule has 4 heterocycles. The lowest BCUT2D eigenvalue weighted by Gasteiger charge is -2.23. The van der Waals surface area contributed by atoms with E-state index in [0.717, 1.165) is 5.69 Å². The van der Waals surface area contributed by atoms with E-state index in [-0.39, 0.29) is 18.6 Å². The highest BCUT2D eigenvalue weighted by molar-refractivity contribution is 6.05. The Kier molecular flexibility index (Phi) is 3.82. The van der Waals surface area contributed by atoms with Gasteiger partial charge in [0.25, 0.3) is 0 Å². The van der Waals surface area contributed by atoms with Crippen molar-refractivity contribution in [2.24, 2.45) is 11.8 Å². The van der Waals surface area contributed by atoms with E-state index in [1.54, 1.807) is 30.2 Å². The third-order valence-electron chi connectivity index (χ3n) is 6.43. The lowest BCUT2D eigenvalue weighted by Crippen LogP contribution is -2.41. The highest BCUT2D eigenvalue weighted by Crippen LogP contribution is 2.53. The summed E-state index contributed by atoms with van der Waals surface area (Å²) < 4.78 is 22.1. The quantitative estimate of drug-likeness (QED) is 0.765. The van der Waals surface area contributed by atoms with Gasteiger partial charge in [-0.1, -0.05) is 12.2 Å². The monoisotopic (exact) mass is 420 g/mol. The summed E-state index contributed by atoms with van der Waals surface area (Å²) in [6, 6.07) is 12.5. The summed E-state index contributed by atoms with van der Waals surface area (Å²) in [5, 5.41) is 2.92. The number of carbonyl (C=O) groups excluding carboxylic acids is 2. The van der Waals surface area contributed by atoms with Crippen molar-refractivity contribution in [2.45, 2.75) is 11.7 Å². The molecule has 158 valence electrons. The van der Waals surface area contributed by atoms with Gasteiger partial charge < -0.3 is 29.2 Å². The van der Waals surface area contributed by atoms with Gasteiger partial charge in [-0.3, -0.25) is 9.59 Å². The van der Waals surface area contributed by atoms with Crippen molar-refractivity contribution in [1.29, 1.82) is 0 Å². The van der Waals surface area contributed by atoms with Crippen LogP contribution in [0.2, 0.25) is 0 Å². The number of ether oxygens (including phenoxy) is 4. The van der Waals surface area contributed by atoms with E-state index in [2.05, 4.69) is 5.32 Å². The summed E-state index contributed by atoms with van der Waals surface area (Å²) in [7, 11) is 1.60. The molecule has 2 aromatic carbocycles. The lowest BCUT2D eigenvalue weighted by molar-refractivity contribution is -0.128. The van der Waals surface area contributed by atoms with Gasteiger partial charge in [0.1, 0.15) is 11.4 Å². The average molecular weight is 420 g/mol. The van der Waals surface area contributed by atoms with Gasteiger partial charge in [-0.05, 0) is 36.4 Å². The molecule has 8 heteroatoms. The average Bonchev–Trinajstić information content (AvgIpc) is 3.54. The first kappa shape index (κ1) is 18.3. The summed E-state index contributed by atoms with van der Waals surface area (Å²) in [4.78, 5) is 28.3. The van der Waals surface area contributed by atoms with E-state index in [9.17, 15) is 9.59 Å². The largest absolute Gasteiger partial charge is 0.497 e. The molecule has 2 amide bonds. The molecular weight excluding hydrogens is 400 g/mol. The van der Waals surface area contributed by atoms with Crippen LogP contribution in [0.1, 0.15) is 0 Å². The predicted molar refractivity (Wildman–Crippen MR) is 110 cm³/mol. The highest BCUT2D eigenvalue weighted by atomic mass is 16.7. The fraction of sp³-hybridized carbons (Fsp3) is 0.304. The number of benzene rings is 2. The number of fused-ring (bicyclic) bond motifs is 2. The summed E-state index contributed by atoms with van der Waals surface area (Å²) in [6.07, 6.45) is 3.42. The number of rotatable bonds is 4. The zero-order valence-electron chi connectivity index (χ0n) is 16.7. The maximum absolute atomic E-state index is 13.4. The highest BCUT2D eigenvalue weighted by Gasteiger charge is 2.67. The molecule has 2 fully saturated rings. The number of nitrogens with zero attached hydrogens (tertiary/aromatic N) is 1. The van der Waals surface area contributed by atoms with Crippen molar-refractivity contribution < 1.29 is 28.5 Å². The molecule has 31 heavy (non-hydrogen) atoms. The van der Waals surface area contributed by atoms with Crippen molar-refractivity contribution in [3.8, 4) is 17.2 Å². The molecule has 1 N–H and O–H groups in total. The SMILES string of the molecule is COc1ccc(N2C[C@@]34C=C[C@@H](O3)[C@H](C(=O)Nc3ccc5c(c3)OCO5)[C@H]4C2=O)cc1. The van der Waals surface area contributed by atoms with E-state index in [1.165, 1.54) is 0 Å². The zero-order valence-corrected chi connectivity index (χ0v) is 16.7. The van der Waals surface area contributed by atoms with Crippen LogP contribution < -0.4 is 24.4 Å². The van der Waals surface area contributed by atoms with Crippen molar-refractivity contribution in [2.75, 3.05) is 30.7 Å². The van der Waals surface area contributed by atoms with Gasteiger partial charge in [0.15, 0.2) is 11.5 Å². The van der Waals surface area contributed by atoms with E-state index in [1.807, 2.05) is 36.4 Å². The number of anilines is 2. The maximum Gasteiger partial charge on any atom is 0.234 e. The van der Waals surface area contributed by atoms with Gasteiger partial charge in [0.2, 0.25) is 18.6 Å². The van der Waals surface area contributed by atoms with Crippen molar-refractivity contribution in [1.82, 2.24) is 0 Å². The Hall–Kier alpha value is -3.52. The molecule has 6 rings (SSSR count). The van der Waals surface area contributed by atoms with E-state index < -0.39 is 23.5 Å². The maximum atomic E-state index is 13.4. The second-order valence-corrected chi connectivity index (χ2v) is 8.08. The molecular formula is C23H20N2O6. The second kappa shape index (κ2) is 6.49. The molecule has 0 aromatic heterocycles. The molecule has 2 aromatic rings. The number of carbonyl (C=O) groups is 2. The minimum absolute atomic E-state index is 0.108. The Morgan fingerprint density at radius 3 is 2.77 bits per heavy atom. The van der Waals surface area contributed by atoms with Crippen molar-refractivity contribution >= 4 is 23.2 Å². The van der Waals surface area contributed by atoms with E-state index >= 15 is 0 Å². The Balaban J connectivity index is 1.26. The molecule has 4 aliphatic heterocycles. The molecule has 4 atom stereocenters. The number of hydrogen-bond donors (Lipinski definition) is 1. The van der Waals surface area contributed by atoms with Gasteiger partial charge in [0.05, 0.1) is 31.6 Å². The summed E-state index contributed by atoms with van der Waals surface area (Å²) in [5.41, 5.74) is 0.566. The minimum Gasteiger partial charge on any atom is -0.497 e. The molecule has 2 saturated heterocycles. The Labute approximate surface area is 178 Å². The van der Waals surface area contributed by atoms with Crippen LogP contribution in [0.4, 0.5) is 11.4 Å². The first-order valence-corrected chi connectivity index (χ1v) is 10.1. The molecule has 0 aliphatic carbocycles. The van der Waals surface area contributed by atoms with Gasteiger partial charge >= 0.3 is 0 Å². The number of methoxy groups -OCH3 is 1. The van der Waals surface area contributed by atoms with Crippen LogP contribution in [-0.2, 0) is 14.3 Å². The van der Waals surface area contributed by atoms with Gasteiger partial charge in [-0.2, -0.15) is 0 Å². The van der Waals surface area contributed by atoms with Crippen LogP contribution in [0.3, 0.4) is 0 Å².